The lowest BCUT2D eigenvalue weighted by Crippen LogP contribution is -1.93. The predicted molar refractivity (Wildman–Crippen MR) is 192 cm³/mol. The Bertz CT molecular complexity index is 2500. The zero-order chi connectivity index (χ0) is 29.7. The highest BCUT2D eigenvalue weighted by atomic mass is 15.0. The van der Waals surface area contributed by atoms with Crippen LogP contribution in [-0.4, -0.2) is 4.57 Å². The van der Waals surface area contributed by atoms with E-state index in [-0.39, 0.29) is 0 Å². The van der Waals surface area contributed by atoms with Gasteiger partial charge in [0.1, 0.15) is 0 Å². The summed E-state index contributed by atoms with van der Waals surface area (Å²) in [5, 5.41) is 7.60. The molecule has 0 atom stereocenters. The molecule has 1 nitrogen and oxygen atoms in total. The summed E-state index contributed by atoms with van der Waals surface area (Å²) in [4.78, 5) is 0. The normalized spacial score (nSPS) is 11.6. The van der Waals surface area contributed by atoms with Crippen LogP contribution >= 0.6 is 0 Å². The van der Waals surface area contributed by atoms with Crippen LogP contribution in [0.15, 0.2) is 176 Å². The highest BCUT2D eigenvalue weighted by Gasteiger charge is 2.15. The van der Waals surface area contributed by atoms with Crippen LogP contribution in [0.25, 0.3) is 82.4 Å². The van der Waals surface area contributed by atoms with Gasteiger partial charge in [-0.1, -0.05) is 133 Å². The first-order valence-corrected chi connectivity index (χ1v) is 15.5. The van der Waals surface area contributed by atoms with Gasteiger partial charge in [-0.2, -0.15) is 0 Å². The highest BCUT2D eigenvalue weighted by molar-refractivity contribution is 6.21. The number of para-hydroxylation sites is 1. The topological polar surface area (TPSA) is 4.93 Å². The summed E-state index contributed by atoms with van der Waals surface area (Å²) in [7, 11) is 0. The molecular weight excluding hydrogens is 542 g/mol. The third kappa shape index (κ3) is 4.32. The van der Waals surface area contributed by atoms with Crippen molar-refractivity contribution in [1.29, 1.82) is 0 Å². The van der Waals surface area contributed by atoms with Gasteiger partial charge in [0.2, 0.25) is 0 Å². The number of aromatic nitrogens is 1. The minimum atomic E-state index is 1.17. The Morgan fingerprint density at radius 3 is 1.47 bits per heavy atom. The monoisotopic (exact) mass is 571 g/mol. The van der Waals surface area contributed by atoms with Crippen molar-refractivity contribution in [3.05, 3.63) is 176 Å². The Kier molecular flexibility index (Phi) is 5.89. The molecule has 0 aliphatic heterocycles. The maximum absolute atomic E-state index is 2.41. The molecule has 0 spiro atoms. The van der Waals surface area contributed by atoms with Crippen LogP contribution in [0.3, 0.4) is 0 Å². The molecule has 0 aliphatic carbocycles. The lowest BCUT2D eigenvalue weighted by Gasteiger charge is -2.11. The first-order valence-electron chi connectivity index (χ1n) is 15.5. The molecule has 0 amide bonds. The molecule has 1 heterocycles. The quantitative estimate of drug-likeness (QED) is 0.198. The summed E-state index contributed by atoms with van der Waals surface area (Å²) in [6.45, 7) is 0. The maximum atomic E-state index is 2.41. The van der Waals surface area contributed by atoms with Crippen LogP contribution in [0.4, 0.5) is 0 Å². The van der Waals surface area contributed by atoms with Crippen molar-refractivity contribution < 1.29 is 0 Å². The molecule has 8 aromatic carbocycles. The van der Waals surface area contributed by atoms with Gasteiger partial charge < -0.3 is 4.57 Å². The minimum Gasteiger partial charge on any atom is -0.309 e. The van der Waals surface area contributed by atoms with Gasteiger partial charge in [-0.05, 0) is 97.4 Å². The Hall–Kier alpha value is -5.92. The van der Waals surface area contributed by atoms with Crippen LogP contribution in [-0.2, 0) is 0 Å². The van der Waals surface area contributed by atoms with E-state index in [0.29, 0.717) is 0 Å². The summed E-state index contributed by atoms with van der Waals surface area (Å²) < 4.78 is 2.41. The van der Waals surface area contributed by atoms with Crippen molar-refractivity contribution in [3.8, 4) is 39.1 Å². The zero-order valence-corrected chi connectivity index (χ0v) is 24.7. The van der Waals surface area contributed by atoms with Gasteiger partial charge in [0.15, 0.2) is 0 Å². The van der Waals surface area contributed by atoms with Crippen molar-refractivity contribution in [3.63, 3.8) is 0 Å². The average molecular weight is 572 g/mol. The van der Waals surface area contributed by atoms with E-state index in [1.165, 1.54) is 82.4 Å². The van der Waals surface area contributed by atoms with E-state index in [1.807, 2.05) is 0 Å². The molecule has 9 aromatic rings. The summed E-state index contributed by atoms with van der Waals surface area (Å²) in [5.74, 6) is 0. The van der Waals surface area contributed by atoms with Gasteiger partial charge in [-0.15, -0.1) is 0 Å². The first kappa shape index (κ1) is 25.6. The van der Waals surface area contributed by atoms with E-state index in [0.717, 1.165) is 0 Å². The Morgan fingerprint density at radius 2 is 0.778 bits per heavy atom. The third-order valence-corrected chi connectivity index (χ3v) is 9.17. The second kappa shape index (κ2) is 10.4. The maximum Gasteiger partial charge on any atom is 0.0547 e. The number of fused-ring (bicyclic) bond motifs is 6. The smallest absolute Gasteiger partial charge is 0.0547 e. The van der Waals surface area contributed by atoms with Gasteiger partial charge in [0.05, 0.1) is 11.0 Å². The summed E-state index contributed by atoms with van der Waals surface area (Å²) in [6, 6.07) is 64.0. The van der Waals surface area contributed by atoms with Crippen LogP contribution in [0.5, 0.6) is 0 Å². The second-order valence-corrected chi connectivity index (χ2v) is 11.8. The van der Waals surface area contributed by atoms with Crippen molar-refractivity contribution in [2.75, 3.05) is 0 Å². The van der Waals surface area contributed by atoms with E-state index >= 15 is 0 Å². The van der Waals surface area contributed by atoms with E-state index < -0.39 is 0 Å². The van der Waals surface area contributed by atoms with Gasteiger partial charge in [0.25, 0.3) is 0 Å². The van der Waals surface area contributed by atoms with E-state index in [4.69, 9.17) is 0 Å². The summed E-state index contributed by atoms with van der Waals surface area (Å²) in [6.07, 6.45) is 0. The molecule has 1 heteroatoms. The number of nitrogens with zero attached hydrogens (tertiary/aromatic N) is 1. The van der Waals surface area contributed by atoms with E-state index in [1.54, 1.807) is 0 Å². The van der Waals surface area contributed by atoms with Crippen LogP contribution in [0, 0.1) is 0 Å². The lowest BCUT2D eigenvalue weighted by atomic mass is 9.95. The van der Waals surface area contributed by atoms with E-state index in [9.17, 15) is 0 Å². The molecule has 0 aliphatic rings. The number of rotatable bonds is 4. The molecule has 210 valence electrons. The minimum absolute atomic E-state index is 1.17. The van der Waals surface area contributed by atoms with Gasteiger partial charge >= 0.3 is 0 Å². The molecule has 0 fully saturated rings. The van der Waals surface area contributed by atoms with E-state index in [2.05, 4.69) is 180 Å². The van der Waals surface area contributed by atoms with Crippen molar-refractivity contribution in [1.82, 2.24) is 4.57 Å². The second-order valence-electron chi connectivity index (χ2n) is 11.8. The van der Waals surface area contributed by atoms with Crippen molar-refractivity contribution in [2.45, 2.75) is 0 Å². The molecule has 1 aromatic heterocycles. The largest absolute Gasteiger partial charge is 0.309 e. The SMILES string of the molecule is c1ccc(-c2ccc(-n3c4ccccc4c4c5cc(-c6ccc7cc(-c8ccccc8)ccc7c6)ccc5ccc43)cc2)cc1. The number of hydrogen-bond donors (Lipinski definition) is 0. The molecule has 9 rings (SSSR count). The molecule has 0 bridgehead atoms. The fraction of sp³-hybridized carbons (Fsp3) is 0. The fourth-order valence-corrected chi connectivity index (χ4v) is 6.91. The number of hydrogen-bond acceptors (Lipinski definition) is 0. The molecule has 0 saturated carbocycles. The van der Waals surface area contributed by atoms with Gasteiger partial charge in [-0.3, -0.25) is 0 Å². The van der Waals surface area contributed by atoms with Crippen LogP contribution < -0.4 is 0 Å². The molecule has 0 radical (unpaired) electrons. The number of benzene rings is 8. The van der Waals surface area contributed by atoms with Gasteiger partial charge in [0, 0.05) is 16.5 Å². The molecule has 0 unspecified atom stereocenters. The standard InChI is InChI=1S/C44H29N/c1-3-9-30(10-4-1)32-21-24-39(25-22-32)45-42-14-8-7-13-40(42)44-41-29-38(16-15-33(41)23-26-43(44)45)37-20-19-35-27-34(17-18-36(35)28-37)31-11-5-2-6-12-31/h1-29H. The first-order chi connectivity index (χ1) is 22.3. The predicted octanol–water partition coefficient (Wildman–Crippen LogP) is 12.1. The molecule has 45 heavy (non-hydrogen) atoms. The zero-order valence-electron chi connectivity index (χ0n) is 24.7. The fourth-order valence-electron chi connectivity index (χ4n) is 6.91. The summed E-state index contributed by atoms with van der Waals surface area (Å²) >= 11 is 0. The molecule has 0 N–H and O–H groups in total. The summed E-state index contributed by atoms with van der Waals surface area (Å²) in [5.41, 5.74) is 11.0. The Balaban J connectivity index is 1.18. The Morgan fingerprint density at radius 1 is 0.289 bits per heavy atom. The Labute approximate surface area is 262 Å². The van der Waals surface area contributed by atoms with Gasteiger partial charge in [-0.25, -0.2) is 0 Å². The average Bonchev–Trinajstić information content (AvgIpc) is 3.47. The third-order valence-electron chi connectivity index (χ3n) is 9.17. The van der Waals surface area contributed by atoms with Crippen molar-refractivity contribution >= 4 is 43.4 Å². The van der Waals surface area contributed by atoms with Crippen LogP contribution in [0.1, 0.15) is 0 Å². The molecular formula is C44H29N. The molecule has 0 saturated heterocycles. The lowest BCUT2D eigenvalue weighted by molar-refractivity contribution is 1.18. The van der Waals surface area contributed by atoms with Crippen LogP contribution in [0.2, 0.25) is 0 Å². The highest BCUT2D eigenvalue weighted by Crippen LogP contribution is 2.39. The van der Waals surface area contributed by atoms with Crippen molar-refractivity contribution in [2.24, 2.45) is 0 Å².